The van der Waals surface area contributed by atoms with Crippen LogP contribution in [0.25, 0.3) is 0 Å². The summed E-state index contributed by atoms with van der Waals surface area (Å²) in [5.41, 5.74) is 0. The third-order valence-electron chi connectivity index (χ3n) is 3.09. The largest absolute Gasteiger partial charge is 0.395 e. The molecule has 0 aliphatic carbocycles. The second-order valence-corrected chi connectivity index (χ2v) is 4.42. The molecule has 0 aromatic heterocycles. The van der Waals surface area contributed by atoms with Crippen molar-refractivity contribution in [1.82, 2.24) is 10.2 Å². The molecule has 2 N–H and O–H groups in total. The van der Waals surface area contributed by atoms with E-state index in [1.165, 1.54) is 0 Å². The number of carbonyl (C=O) groups excluding carboxylic acids is 2. The van der Waals surface area contributed by atoms with E-state index in [2.05, 4.69) is 5.32 Å². The van der Waals surface area contributed by atoms with Crippen molar-refractivity contribution in [3.05, 3.63) is 0 Å². The van der Waals surface area contributed by atoms with Crippen LogP contribution in [0.1, 0.15) is 32.6 Å². The van der Waals surface area contributed by atoms with E-state index in [0.29, 0.717) is 26.1 Å². The normalized spacial score (nSPS) is 16.9. The molecule has 17 heavy (non-hydrogen) atoms. The quantitative estimate of drug-likeness (QED) is 0.720. The highest BCUT2D eigenvalue weighted by atomic mass is 16.3. The number of piperidine rings is 1. The number of rotatable bonds is 5. The number of likely N-dealkylation sites (tertiary alicyclic amines) is 1. The zero-order chi connectivity index (χ0) is 12.7. The van der Waals surface area contributed by atoms with Crippen LogP contribution in [-0.2, 0) is 9.59 Å². The fourth-order valence-corrected chi connectivity index (χ4v) is 2.09. The van der Waals surface area contributed by atoms with Gasteiger partial charge in [0.2, 0.25) is 11.8 Å². The predicted molar refractivity (Wildman–Crippen MR) is 64.3 cm³/mol. The van der Waals surface area contributed by atoms with E-state index in [4.69, 9.17) is 5.11 Å². The van der Waals surface area contributed by atoms with Crippen molar-refractivity contribution in [3.8, 4) is 0 Å². The Bertz CT molecular complexity index is 260. The average Bonchev–Trinajstić information content (AvgIpc) is 2.36. The molecule has 1 fully saturated rings. The SMILES string of the molecule is CCCC(=O)N1CCC(C(=O)NCCO)CC1. The first-order valence-corrected chi connectivity index (χ1v) is 6.35. The minimum absolute atomic E-state index is 0.00152. The van der Waals surface area contributed by atoms with Gasteiger partial charge in [0.25, 0.3) is 0 Å². The molecule has 0 aromatic carbocycles. The monoisotopic (exact) mass is 242 g/mol. The number of aliphatic hydroxyl groups is 1. The number of hydrogen-bond acceptors (Lipinski definition) is 3. The van der Waals surface area contributed by atoms with Gasteiger partial charge < -0.3 is 15.3 Å². The molecule has 0 bridgehead atoms. The first-order valence-electron chi connectivity index (χ1n) is 6.35. The van der Waals surface area contributed by atoms with E-state index in [0.717, 1.165) is 19.3 Å². The summed E-state index contributed by atoms with van der Waals surface area (Å²) in [5.74, 6) is 0.190. The van der Waals surface area contributed by atoms with Crippen molar-refractivity contribution in [2.45, 2.75) is 32.6 Å². The lowest BCUT2D eigenvalue weighted by molar-refractivity contribution is -0.135. The molecular weight excluding hydrogens is 220 g/mol. The first kappa shape index (κ1) is 14.0. The third-order valence-corrected chi connectivity index (χ3v) is 3.09. The van der Waals surface area contributed by atoms with Crippen LogP contribution in [0, 0.1) is 5.92 Å². The number of nitrogens with one attached hydrogen (secondary N) is 1. The zero-order valence-electron chi connectivity index (χ0n) is 10.4. The van der Waals surface area contributed by atoms with Crippen LogP contribution in [0.3, 0.4) is 0 Å². The summed E-state index contributed by atoms with van der Waals surface area (Å²) >= 11 is 0. The summed E-state index contributed by atoms with van der Waals surface area (Å²) in [6.45, 7) is 3.63. The number of amides is 2. The Morgan fingerprint density at radius 2 is 2.00 bits per heavy atom. The van der Waals surface area contributed by atoms with Crippen LogP contribution in [0.15, 0.2) is 0 Å². The molecule has 98 valence electrons. The van der Waals surface area contributed by atoms with E-state index in [-0.39, 0.29) is 24.3 Å². The summed E-state index contributed by atoms with van der Waals surface area (Å²) in [4.78, 5) is 25.1. The minimum Gasteiger partial charge on any atom is -0.395 e. The highest BCUT2D eigenvalue weighted by molar-refractivity contribution is 5.80. The molecule has 0 saturated carbocycles. The van der Waals surface area contributed by atoms with Crippen LogP contribution in [-0.4, -0.2) is 48.1 Å². The van der Waals surface area contributed by atoms with E-state index >= 15 is 0 Å². The topological polar surface area (TPSA) is 69.6 Å². The number of hydrogen-bond donors (Lipinski definition) is 2. The van der Waals surface area contributed by atoms with Gasteiger partial charge in [-0.3, -0.25) is 9.59 Å². The Hall–Kier alpha value is -1.10. The molecule has 1 aliphatic heterocycles. The van der Waals surface area contributed by atoms with Gasteiger partial charge in [-0.25, -0.2) is 0 Å². The lowest BCUT2D eigenvalue weighted by Gasteiger charge is -2.31. The van der Waals surface area contributed by atoms with Gasteiger partial charge in [-0.05, 0) is 19.3 Å². The predicted octanol–water partition coefficient (Wildman–Crippen LogP) is 0.134. The maximum atomic E-state index is 11.6. The molecule has 1 aliphatic rings. The van der Waals surface area contributed by atoms with Crippen LogP contribution < -0.4 is 5.32 Å². The lowest BCUT2D eigenvalue weighted by atomic mass is 9.95. The molecule has 2 amide bonds. The maximum Gasteiger partial charge on any atom is 0.223 e. The zero-order valence-corrected chi connectivity index (χ0v) is 10.4. The third kappa shape index (κ3) is 4.34. The van der Waals surface area contributed by atoms with Crippen molar-refractivity contribution in [2.24, 2.45) is 5.92 Å². The van der Waals surface area contributed by atoms with Gasteiger partial charge in [-0.15, -0.1) is 0 Å². The molecule has 1 saturated heterocycles. The van der Waals surface area contributed by atoms with E-state index in [1.807, 2.05) is 11.8 Å². The molecule has 0 atom stereocenters. The van der Waals surface area contributed by atoms with Crippen molar-refractivity contribution < 1.29 is 14.7 Å². The maximum absolute atomic E-state index is 11.6. The van der Waals surface area contributed by atoms with Crippen molar-refractivity contribution in [2.75, 3.05) is 26.2 Å². The molecule has 0 aromatic rings. The van der Waals surface area contributed by atoms with Crippen LogP contribution in [0.4, 0.5) is 0 Å². The van der Waals surface area contributed by atoms with Gasteiger partial charge >= 0.3 is 0 Å². The van der Waals surface area contributed by atoms with Crippen LogP contribution >= 0.6 is 0 Å². The fourth-order valence-electron chi connectivity index (χ4n) is 2.09. The minimum atomic E-state index is -0.0282. The van der Waals surface area contributed by atoms with Crippen LogP contribution in [0.2, 0.25) is 0 Å². The fraction of sp³-hybridized carbons (Fsp3) is 0.833. The Balaban J connectivity index is 2.30. The number of aliphatic hydroxyl groups excluding tert-OH is 1. The molecular formula is C12H22N2O3. The highest BCUT2D eigenvalue weighted by Crippen LogP contribution is 2.18. The molecule has 0 unspecified atom stereocenters. The molecule has 5 nitrogen and oxygen atoms in total. The van der Waals surface area contributed by atoms with Crippen molar-refractivity contribution in [3.63, 3.8) is 0 Å². The van der Waals surface area contributed by atoms with Gasteiger partial charge in [0, 0.05) is 32.0 Å². The smallest absolute Gasteiger partial charge is 0.223 e. The second kappa shape index (κ2) is 7.27. The second-order valence-electron chi connectivity index (χ2n) is 4.42. The van der Waals surface area contributed by atoms with Gasteiger partial charge in [0.15, 0.2) is 0 Å². The Labute approximate surface area is 102 Å². The standard InChI is InChI=1S/C12H22N2O3/c1-2-3-11(16)14-7-4-10(5-8-14)12(17)13-6-9-15/h10,15H,2-9H2,1H3,(H,13,17). The summed E-state index contributed by atoms with van der Waals surface area (Å²) < 4.78 is 0. The molecule has 0 radical (unpaired) electrons. The van der Waals surface area contributed by atoms with Crippen LogP contribution in [0.5, 0.6) is 0 Å². The van der Waals surface area contributed by atoms with Gasteiger partial charge in [-0.2, -0.15) is 0 Å². The van der Waals surface area contributed by atoms with E-state index in [1.54, 1.807) is 0 Å². The van der Waals surface area contributed by atoms with E-state index in [9.17, 15) is 9.59 Å². The first-order chi connectivity index (χ1) is 8.19. The lowest BCUT2D eigenvalue weighted by Crippen LogP contribution is -2.43. The Morgan fingerprint density at radius 3 is 2.53 bits per heavy atom. The Kier molecular flexibility index (Phi) is 5.97. The average molecular weight is 242 g/mol. The molecule has 5 heteroatoms. The molecule has 1 heterocycles. The Morgan fingerprint density at radius 1 is 1.35 bits per heavy atom. The summed E-state index contributed by atoms with van der Waals surface area (Å²) in [6.07, 6.45) is 2.93. The highest BCUT2D eigenvalue weighted by Gasteiger charge is 2.26. The van der Waals surface area contributed by atoms with Gasteiger partial charge in [0.1, 0.15) is 0 Å². The summed E-state index contributed by atoms with van der Waals surface area (Å²) in [5, 5.41) is 11.3. The molecule has 0 spiro atoms. The van der Waals surface area contributed by atoms with Crippen molar-refractivity contribution >= 4 is 11.8 Å². The molecule has 1 rings (SSSR count). The van der Waals surface area contributed by atoms with Gasteiger partial charge in [-0.1, -0.05) is 6.92 Å². The van der Waals surface area contributed by atoms with Gasteiger partial charge in [0.05, 0.1) is 6.61 Å². The number of carbonyl (C=O) groups is 2. The van der Waals surface area contributed by atoms with E-state index < -0.39 is 0 Å². The summed E-state index contributed by atoms with van der Waals surface area (Å²) in [6, 6.07) is 0. The van der Waals surface area contributed by atoms with Crippen molar-refractivity contribution in [1.29, 1.82) is 0 Å². The summed E-state index contributed by atoms with van der Waals surface area (Å²) in [7, 11) is 0. The number of nitrogens with zero attached hydrogens (tertiary/aromatic N) is 1.